The number of fused-ring (bicyclic) bond motifs is 1. The molecule has 4 aromatic rings. The Kier molecular flexibility index (Phi) is 6.22. The standard InChI is InChI=1S/C31H31N3O4S/c1-21-4-16-27(17-5-21)39(35,36)34(24-10-11-24)30-28-18-19-31(20-29(28)32-33-30,22-6-12-25(37-2)13-7-22)23-8-14-26(38-3)15-9-23/h4-9,12-19,24H,10-11,20H2,1-3H3,(H,32,33). The van der Waals surface area contributed by atoms with Crippen LogP contribution in [0, 0.1) is 6.92 Å². The van der Waals surface area contributed by atoms with E-state index in [4.69, 9.17) is 9.47 Å². The summed E-state index contributed by atoms with van der Waals surface area (Å²) in [5, 5.41) is 7.81. The summed E-state index contributed by atoms with van der Waals surface area (Å²) in [5.41, 5.74) is 4.42. The normalized spacial score (nSPS) is 16.0. The molecule has 0 unspecified atom stereocenters. The van der Waals surface area contributed by atoms with Crippen LogP contribution in [0.4, 0.5) is 5.82 Å². The molecule has 0 saturated heterocycles. The molecule has 2 aliphatic rings. The van der Waals surface area contributed by atoms with Gasteiger partial charge in [0.25, 0.3) is 10.0 Å². The monoisotopic (exact) mass is 541 g/mol. The number of sulfonamides is 1. The number of allylic oxidation sites excluding steroid dienone is 1. The van der Waals surface area contributed by atoms with Crippen LogP contribution in [0.5, 0.6) is 11.5 Å². The molecule has 8 heteroatoms. The second-order valence-corrected chi connectivity index (χ2v) is 12.0. The Bertz CT molecular complexity index is 1570. The van der Waals surface area contributed by atoms with Crippen molar-refractivity contribution in [1.29, 1.82) is 0 Å². The number of ether oxygens (including phenoxy) is 2. The van der Waals surface area contributed by atoms with Crippen LogP contribution in [-0.2, 0) is 21.9 Å². The fourth-order valence-electron chi connectivity index (χ4n) is 5.37. The molecular weight excluding hydrogens is 510 g/mol. The molecule has 3 aromatic carbocycles. The van der Waals surface area contributed by atoms with E-state index in [1.54, 1.807) is 26.4 Å². The molecule has 2 aliphatic carbocycles. The fraction of sp³-hybridized carbons (Fsp3) is 0.258. The Hall–Kier alpha value is -4.04. The van der Waals surface area contributed by atoms with Crippen LogP contribution in [0.2, 0.25) is 0 Å². The Morgan fingerprint density at radius 3 is 1.95 bits per heavy atom. The van der Waals surface area contributed by atoms with E-state index >= 15 is 0 Å². The molecule has 0 spiro atoms. The largest absolute Gasteiger partial charge is 0.497 e. The number of methoxy groups -OCH3 is 2. The van der Waals surface area contributed by atoms with Gasteiger partial charge in [0, 0.05) is 29.1 Å². The van der Waals surface area contributed by atoms with Gasteiger partial charge in [0.15, 0.2) is 5.82 Å². The van der Waals surface area contributed by atoms with E-state index in [2.05, 4.69) is 40.5 Å². The second-order valence-electron chi connectivity index (χ2n) is 10.2. The summed E-state index contributed by atoms with van der Waals surface area (Å²) in [7, 11) is -0.458. The SMILES string of the molecule is COc1ccc(C2(c3ccc(OC)cc3)C=Cc3c(N(C4CC4)S(=O)(=O)c4ccc(C)cc4)n[nH]c3C2)cc1. The van der Waals surface area contributed by atoms with Crippen LogP contribution in [0.25, 0.3) is 6.08 Å². The number of nitrogens with one attached hydrogen (secondary N) is 1. The van der Waals surface area contributed by atoms with E-state index in [0.717, 1.165) is 52.3 Å². The number of anilines is 1. The minimum absolute atomic E-state index is 0.0908. The molecule has 1 heterocycles. The molecule has 6 rings (SSSR count). The molecule has 1 fully saturated rings. The van der Waals surface area contributed by atoms with Crippen molar-refractivity contribution in [2.45, 2.75) is 42.5 Å². The highest BCUT2D eigenvalue weighted by atomic mass is 32.2. The number of nitrogens with zero attached hydrogens (tertiary/aromatic N) is 2. The van der Waals surface area contributed by atoms with Gasteiger partial charge in [-0.25, -0.2) is 12.7 Å². The van der Waals surface area contributed by atoms with Crippen LogP contribution >= 0.6 is 0 Å². The van der Waals surface area contributed by atoms with Crippen molar-refractivity contribution in [2.75, 3.05) is 18.5 Å². The summed E-state index contributed by atoms with van der Waals surface area (Å²) in [6.07, 6.45) is 6.41. The lowest BCUT2D eigenvalue weighted by molar-refractivity contribution is 0.414. The van der Waals surface area contributed by atoms with E-state index < -0.39 is 15.4 Å². The van der Waals surface area contributed by atoms with Gasteiger partial charge in [-0.1, -0.05) is 54.1 Å². The van der Waals surface area contributed by atoms with Crippen LogP contribution in [0.1, 0.15) is 40.8 Å². The number of aromatic amines is 1. The van der Waals surface area contributed by atoms with Gasteiger partial charge in [0.2, 0.25) is 0 Å². The molecule has 1 aromatic heterocycles. The number of aromatic nitrogens is 2. The lowest BCUT2D eigenvalue weighted by atomic mass is 9.68. The van der Waals surface area contributed by atoms with E-state index in [-0.39, 0.29) is 10.9 Å². The first kappa shape index (κ1) is 25.2. The van der Waals surface area contributed by atoms with E-state index in [9.17, 15) is 8.42 Å². The molecule has 0 amide bonds. The number of hydrogen-bond acceptors (Lipinski definition) is 5. The molecule has 0 radical (unpaired) electrons. The Morgan fingerprint density at radius 2 is 1.44 bits per heavy atom. The first-order valence-corrected chi connectivity index (χ1v) is 14.5. The molecule has 200 valence electrons. The van der Waals surface area contributed by atoms with Gasteiger partial charge in [0.05, 0.1) is 19.1 Å². The summed E-state index contributed by atoms with van der Waals surface area (Å²) >= 11 is 0. The highest BCUT2D eigenvalue weighted by Gasteiger charge is 2.43. The third kappa shape index (κ3) is 4.38. The summed E-state index contributed by atoms with van der Waals surface area (Å²) < 4.78 is 40.0. The Morgan fingerprint density at radius 1 is 0.872 bits per heavy atom. The zero-order chi connectivity index (χ0) is 27.2. The van der Waals surface area contributed by atoms with Gasteiger partial charge in [-0.05, 0) is 67.3 Å². The third-order valence-corrected chi connectivity index (χ3v) is 9.59. The van der Waals surface area contributed by atoms with Crippen LogP contribution in [0.15, 0.2) is 83.8 Å². The summed E-state index contributed by atoms with van der Waals surface area (Å²) in [6.45, 7) is 1.95. The zero-order valence-electron chi connectivity index (χ0n) is 22.2. The molecule has 1 saturated carbocycles. The third-order valence-electron chi connectivity index (χ3n) is 7.73. The molecular formula is C31H31N3O4S. The van der Waals surface area contributed by atoms with E-state index in [1.165, 1.54) is 4.31 Å². The number of H-pyrrole nitrogens is 1. The molecule has 1 N–H and O–H groups in total. The van der Waals surface area contributed by atoms with Crippen molar-refractivity contribution in [3.8, 4) is 11.5 Å². The van der Waals surface area contributed by atoms with Crippen molar-refractivity contribution in [3.63, 3.8) is 0 Å². The van der Waals surface area contributed by atoms with Gasteiger partial charge in [-0.3, -0.25) is 5.10 Å². The van der Waals surface area contributed by atoms with Gasteiger partial charge in [0.1, 0.15) is 11.5 Å². The maximum atomic E-state index is 13.8. The lowest BCUT2D eigenvalue weighted by Gasteiger charge is -2.35. The number of benzene rings is 3. The zero-order valence-corrected chi connectivity index (χ0v) is 23.0. The van der Waals surface area contributed by atoms with Crippen LogP contribution in [0.3, 0.4) is 0 Å². The molecule has 0 atom stereocenters. The topological polar surface area (TPSA) is 84.5 Å². The lowest BCUT2D eigenvalue weighted by Crippen LogP contribution is -2.34. The smallest absolute Gasteiger partial charge is 0.265 e. The predicted octanol–water partition coefficient (Wildman–Crippen LogP) is 5.65. The van der Waals surface area contributed by atoms with Crippen molar-refractivity contribution in [3.05, 3.63) is 107 Å². The fourth-order valence-corrected chi connectivity index (χ4v) is 7.05. The summed E-state index contributed by atoms with van der Waals surface area (Å²) in [5.74, 6) is 2.03. The molecule has 0 aliphatic heterocycles. The first-order valence-electron chi connectivity index (χ1n) is 13.0. The quantitative estimate of drug-likeness (QED) is 0.312. The number of rotatable bonds is 8. The van der Waals surface area contributed by atoms with E-state index in [0.29, 0.717) is 12.2 Å². The highest BCUT2D eigenvalue weighted by molar-refractivity contribution is 7.92. The Balaban J connectivity index is 1.44. The van der Waals surface area contributed by atoms with Crippen molar-refractivity contribution in [1.82, 2.24) is 10.2 Å². The molecule has 39 heavy (non-hydrogen) atoms. The maximum absolute atomic E-state index is 13.8. The van der Waals surface area contributed by atoms with Gasteiger partial charge in [-0.2, -0.15) is 5.10 Å². The maximum Gasteiger partial charge on any atom is 0.265 e. The minimum Gasteiger partial charge on any atom is -0.497 e. The summed E-state index contributed by atoms with van der Waals surface area (Å²) in [4.78, 5) is 0.280. The van der Waals surface area contributed by atoms with Crippen molar-refractivity contribution < 1.29 is 17.9 Å². The van der Waals surface area contributed by atoms with Crippen LogP contribution in [-0.4, -0.2) is 38.9 Å². The van der Waals surface area contributed by atoms with Gasteiger partial charge in [-0.15, -0.1) is 0 Å². The molecule has 0 bridgehead atoms. The number of hydrogen-bond donors (Lipinski definition) is 1. The van der Waals surface area contributed by atoms with Crippen molar-refractivity contribution >= 4 is 21.9 Å². The van der Waals surface area contributed by atoms with Gasteiger partial charge >= 0.3 is 0 Å². The van der Waals surface area contributed by atoms with Crippen molar-refractivity contribution in [2.24, 2.45) is 0 Å². The summed E-state index contributed by atoms with van der Waals surface area (Å²) in [6, 6.07) is 23.1. The predicted molar refractivity (Wildman–Crippen MR) is 152 cm³/mol. The Labute approximate surface area is 229 Å². The molecule has 7 nitrogen and oxygen atoms in total. The average Bonchev–Trinajstić information content (AvgIpc) is 3.72. The average molecular weight is 542 g/mol. The first-order chi connectivity index (χ1) is 18.9. The second kappa shape index (κ2) is 9.61. The number of aryl methyl sites for hydroxylation is 1. The minimum atomic E-state index is -3.77. The van der Waals surface area contributed by atoms with Gasteiger partial charge < -0.3 is 9.47 Å². The van der Waals surface area contributed by atoms with Crippen LogP contribution < -0.4 is 13.8 Å². The van der Waals surface area contributed by atoms with E-state index in [1.807, 2.05) is 49.4 Å². The highest BCUT2D eigenvalue weighted by Crippen LogP contribution is 2.46.